The van der Waals surface area contributed by atoms with Gasteiger partial charge in [0, 0.05) is 25.5 Å². The molecular weight excluding hydrogens is 298 g/mol. The Balaban J connectivity index is 1.54. The second-order valence-corrected chi connectivity index (χ2v) is 5.86. The second-order valence-electron chi connectivity index (χ2n) is 4.92. The lowest BCUT2D eigenvalue weighted by atomic mass is 10.3. The molecule has 3 aromatic rings. The van der Waals surface area contributed by atoms with Crippen molar-refractivity contribution in [2.45, 2.75) is 11.7 Å². The third kappa shape index (κ3) is 2.23. The number of amides is 1. The van der Waals surface area contributed by atoms with Crippen LogP contribution < -0.4 is 4.90 Å². The van der Waals surface area contributed by atoms with Crippen molar-refractivity contribution in [2.24, 2.45) is 0 Å². The molecule has 0 fully saturated rings. The fourth-order valence-electron chi connectivity index (χ4n) is 2.59. The molecule has 7 heteroatoms. The number of fused-ring (bicyclic) bond motifs is 3. The van der Waals surface area contributed by atoms with E-state index in [0.717, 1.165) is 23.5 Å². The number of thioether (sulfide) groups is 1. The van der Waals surface area contributed by atoms with Gasteiger partial charge in [-0.3, -0.25) is 9.69 Å². The maximum Gasteiger partial charge on any atom is 0.239 e. The van der Waals surface area contributed by atoms with Crippen LogP contribution in [-0.4, -0.2) is 37.7 Å². The van der Waals surface area contributed by atoms with Crippen LogP contribution >= 0.6 is 11.8 Å². The summed E-state index contributed by atoms with van der Waals surface area (Å²) in [5.41, 5.74) is 2.00. The predicted molar refractivity (Wildman–Crippen MR) is 84.8 cm³/mol. The summed E-state index contributed by atoms with van der Waals surface area (Å²) in [6.07, 6.45) is 3.35. The van der Waals surface area contributed by atoms with Crippen molar-refractivity contribution in [3.05, 3.63) is 42.7 Å². The monoisotopic (exact) mass is 311 g/mol. The summed E-state index contributed by atoms with van der Waals surface area (Å²) in [4.78, 5) is 27.0. The Labute approximate surface area is 131 Å². The van der Waals surface area contributed by atoms with E-state index in [1.165, 1.54) is 11.8 Å². The quantitative estimate of drug-likeness (QED) is 0.546. The third-order valence-electron chi connectivity index (χ3n) is 3.59. The maximum atomic E-state index is 12.5. The Morgan fingerprint density at radius 2 is 1.95 bits per heavy atom. The SMILES string of the molecule is O=C(CSc1ncccn1)N1CCn2c1nc1ccccc12. The highest BCUT2D eigenvalue weighted by Gasteiger charge is 2.28. The zero-order chi connectivity index (χ0) is 14.9. The van der Waals surface area contributed by atoms with E-state index in [1.807, 2.05) is 24.3 Å². The van der Waals surface area contributed by atoms with Crippen molar-refractivity contribution >= 4 is 34.7 Å². The number of anilines is 1. The smallest absolute Gasteiger partial charge is 0.239 e. The summed E-state index contributed by atoms with van der Waals surface area (Å²) in [6.45, 7) is 1.45. The molecule has 1 amide bonds. The number of hydrogen-bond acceptors (Lipinski definition) is 5. The Morgan fingerprint density at radius 1 is 1.14 bits per heavy atom. The Hall–Kier alpha value is -2.41. The van der Waals surface area contributed by atoms with E-state index < -0.39 is 0 Å². The lowest BCUT2D eigenvalue weighted by molar-refractivity contribution is -0.116. The van der Waals surface area contributed by atoms with Crippen LogP contribution in [0.3, 0.4) is 0 Å². The van der Waals surface area contributed by atoms with Crippen LogP contribution in [0.2, 0.25) is 0 Å². The fraction of sp³-hybridized carbons (Fsp3) is 0.200. The summed E-state index contributed by atoms with van der Waals surface area (Å²) in [5, 5.41) is 0.614. The molecule has 22 heavy (non-hydrogen) atoms. The van der Waals surface area contributed by atoms with E-state index >= 15 is 0 Å². The predicted octanol–water partition coefficient (Wildman–Crippen LogP) is 1.97. The minimum atomic E-state index is 0.0338. The molecule has 0 bridgehead atoms. The van der Waals surface area contributed by atoms with Gasteiger partial charge in [0.05, 0.1) is 16.8 Å². The number of nitrogens with zero attached hydrogens (tertiary/aromatic N) is 5. The van der Waals surface area contributed by atoms with Crippen LogP contribution in [0.1, 0.15) is 0 Å². The molecule has 0 aliphatic carbocycles. The average Bonchev–Trinajstić information content (AvgIpc) is 3.12. The van der Waals surface area contributed by atoms with Gasteiger partial charge in [0.1, 0.15) is 0 Å². The lowest BCUT2D eigenvalue weighted by Gasteiger charge is -2.13. The fourth-order valence-corrected chi connectivity index (χ4v) is 3.27. The van der Waals surface area contributed by atoms with Gasteiger partial charge >= 0.3 is 0 Å². The standard InChI is InChI=1S/C15H13N5OS/c21-13(10-22-14-16-6-3-7-17-14)20-9-8-19-12-5-2-1-4-11(12)18-15(19)20/h1-7H,8-10H2. The molecule has 1 aliphatic heterocycles. The van der Waals surface area contributed by atoms with Crippen molar-refractivity contribution in [1.82, 2.24) is 19.5 Å². The van der Waals surface area contributed by atoms with Gasteiger partial charge in [-0.25, -0.2) is 15.0 Å². The molecule has 110 valence electrons. The van der Waals surface area contributed by atoms with E-state index in [4.69, 9.17) is 0 Å². The van der Waals surface area contributed by atoms with Crippen molar-refractivity contribution in [2.75, 3.05) is 17.2 Å². The molecule has 2 aromatic heterocycles. The first-order valence-electron chi connectivity index (χ1n) is 6.98. The van der Waals surface area contributed by atoms with Gasteiger partial charge < -0.3 is 4.57 Å². The van der Waals surface area contributed by atoms with Crippen molar-refractivity contribution in [1.29, 1.82) is 0 Å². The number of hydrogen-bond donors (Lipinski definition) is 0. The van der Waals surface area contributed by atoms with E-state index in [0.29, 0.717) is 17.5 Å². The zero-order valence-electron chi connectivity index (χ0n) is 11.7. The number of para-hydroxylation sites is 2. The van der Waals surface area contributed by atoms with E-state index in [-0.39, 0.29) is 5.91 Å². The van der Waals surface area contributed by atoms with Crippen LogP contribution in [-0.2, 0) is 11.3 Å². The van der Waals surface area contributed by atoms with E-state index in [9.17, 15) is 4.79 Å². The van der Waals surface area contributed by atoms with Gasteiger partial charge in [-0.15, -0.1) is 0 Å². The zero-order valence-corrected chi connectivity index (χ0v) is 12.5. The Morgan fingerprint density at radius 3 is 2.82 bits per heavy atom. The molecule has 0 saturated heterocycles. The molecule has 1 aromatic carbocycles. The third-order valence-corrected chi connectivity index (χ3v) is 4.45. The highest BCUT2D eigenvalue weighted by atomic mass is 32.2. The Kier molecular flexibility index (Phi) is 3.27. The second kappa shape index (κ2) is 5.42. The number of carbonyl (C=O) groups excluding carboxylic acids is 1. The van der Waals surface area contributed by atoms with E-state index in [1.54, 1.807) is 23.4 Å². The van der Waals surface area contributed by atoms with Gasteiger partial charge in [-0.05, 0) is 18.2 Å². The molecular formula is C15H13N5OS. The lowest BCUT2D eigenvalue weighted by Crippen LogP contribution is -2.31. The summed E-state index contributed by atoms with van der Waals surface area (Å²) >= 11 is 1.35. The largest absolute Gasteiger partial charge is 0.308 e. The average molecular weight is 311 g/mol. The van der Waals surface area contributed by atoms with Crippen molar-refractivity contribution < 1.29 is 4.79 Å². The number of benzene rings is 1. The number of rotatable bonds is 3. The van der Waals surface area contributed by atoms with Crippen LogP contribution in [0.5, 0.6) is 0 Å². The first kappa shape index (κ1) is 13.3. The van der Waals surface area contributed by atoms with Crippen molar-refractivity contribution in [3.8, 4) is 0 Å². The molecule has 0 spiro atoms. The van der Waals surface area contributed by atoms with Crippen LogP contribution in [0.4, 0.5) is 5.95 Å². The molecule has 6 nitrogen and oxygen atoms in total. The molecule has 0 N–H and O–H groups in total. The van der Waals surface area contributed by atoms with Gasteiger partial charge in [0.2, 0.25) is 11.9 Å². The Bertz CT molecular complexity index is 832. The molecule has 0 unspecified atom stereocenters. The van der Waals surface area contributed by atoms with Crippen molar-refractivity contribution in [3.63, 3.8) is 0 Å². The molecule has 4 rings (SSSR count). The highest BCUT2D eigenvalue weighted by Crippen LogP contribution is 2.27. The normalized spacial score (nSPS) is 13.5. The summed E-state index contributed by atoms with van der Waals surface area (Å²) in [5.74, 6) is 1.08. The minimum absolute atomic E-state index is 0.0338. The van der Waals surface area contributed by atoms with Crippen LogP contribution in [0, 0.1) is 0 Å². The molecule has 0 saturated carbocycles. The summed E-state index contributed by atoms with van der Waals surface area (Å²) < 4.78 is 2.09. The number of carbonyl (C=O) groups is 1. The molecule has 3 heterocycles. The van der Waals surface area contributed by atoms with Gasteiger partial charge in [-0.1, -0.05) is 23.9 Å². The first-order chi connectivity index (χ1) is 10.8. The first-order valence-corrected chi connectivity index (χ1v) is 7.97. The van der Waals surface area contributed by atoms with Crippen LogP contribution in [0.15, 0.2) is 47.9 Å². The van der Waals surface area contributed by atoms with Gasteiger partial charge in [-0.2, -0.15) is 0 Å². The summed E-state index contributed by atoms with van der Waals surface area (Å²) in [6, 6.07) is 9.71. The van der Waals surface area contributed by atoms with Gasteiger partial charge in [0.25, 0.3) is 0 Å². The maximum absolute atomic E-state index is 12.5. The molecule has 1 aliphatic rings. The summed E-state index contributed by atoms with van der Waals surface area (Å²) in [7, 11) is 0. The number of imidazole rings is 1. The topological polar surface area (TPSA) is 63.9 Å². The van der Waals surface area contributed by atoms with Crippen LogP contribution in [0.25, 0.3) is 11.0 Å². The number of aromatic nitrogens is 4. The molecule has 0 radical (unpaired) electrons. The highest BCUT2D eigenvalue weighted by molar-refractivity contribution is 7.99. The van der Waals surface area contributed by atoms with Gasteiger partial charge in [0.15, 0.2) is 5.16 Å². The van der Waals surface area contributed by atoms with E-state index in [2.05, 4.69) is 19.5 Å². The molecule has 0 atom stereocenters. The minimum Gasteiger partial charge on any atom is -0.308 e.